The van der Waals surface area contributed by atoms with Gasteiger partial charge in [-0.05, 0) is 37.1 Å². The molecule has 0 saturated heterocycles. The zero-order valence-electron chi connectivity index (χ0n) is 11.4. The van der Waals surface area contributed by atoms with Crippen LogP contribution >= 0.6 is 0 Å². The highest BCUT2D eigenvalue weighted by atomic mass is 15.1. The van der Waals surface area contributed by atoms with Crippen molar-refractivity contribution < 1.29 is 0 Å². The summed E-state index contributed by atoms with van der Waals surface area (Å²) in [6.45, 7) is 2.15. The van der Waals surface area contributed by atoms with Gasteiger partial charge in [-0.2, -0.15) is 0 Å². The highest BCUT2D eigenvalue weighted by Gasteiger charge is 2.07. The van der Waals surface area contributed by atoms with Crippen LogP contribution in [0, 0.1) is 0 Å². The van der Waals surface area contributed by atoms with E-state index in [2.05, 4.69) is 46.5 Å². The number of fused-ring (bicyclic) bond motifs is 1. The van der Waals surface area contributed by atoms with Crippen LogP contribution in [0.25, 0.3) is 11.0 Å². The molecular weight excluding hydrogens is 248 g/mol. The molecule has 0 aliphatic rings. The van der Waals surface area contributed by atoms with E-state index in [-0.39, 0.29) is 0 Å². The van der Waals surface area contributed by atoms with Crippen molar-refractivity contribution in [3.63, 3.8) is 0 Å². The minimum atomic E-state index is 0.301. The molecule has 0 radical (unpaired) electrons. The second kappa shape index (κ2) is 5.25. The number of hydrogen-bond acceptors (Lipinski definition) is 3. The summed E-state index contributed by atoms with van der Waals surface area (Å²) >= 11 is 0. The Labute approximate surface area is 118 Å². The smallest absolute Gasteiger partial charge is 0.201 e. The number of nitrogens with zero attached hydrogens (tertiary/aromatic N) is 1. The topological polar surface area (TPSA) is 66.7 Å². The molecule has 3 aromatic rings. The molecule has 102 valence electrons. The summed E-state index contributed by atoms with van der Waals surface area (Å²) in [5, 5.41) is 3.39. The average molecular weight is 266 g/mol. The van der Waals surface area contributed by atoms with E-state index in [1.165, 1.54) is 5.56 Å². The minimum absolute atomic E-state index is 0.301. The molecule has 0 aliphatic carbocycles. The molecule has 4 nitrogen and oxygen atoms in total. The summed E-state index contributed by atoms with van der Waals surface area (Å²) in [6, 6.07) is 16.4. The first-order valence-electron chi connectivity index (χ1n) is 6.76. The van der Waals surface area contributed by atoms with Crippen molar-refractivity contribution in [2.24, 2.45) is 0 Å². The second-order valence-corrected chi connectivity index (χ2v) is 5.10. The van der Waals surface area contributed by atoms with E-state index >= 15 is 0 Å². The van der Waals surface area contributed by atoms with Crippen molar-refractivity contribution in [3.8, 4) is 0 Å². The molecule has 0 amide bonds. The van der Waals surface area contributed by atoms with Crippen LogP contribution in [-0.4, -0.2) is 16.0 Å². The largest absolute Gasteiger partial charge is 0.399 e. The van der Waals surface area contributed by atoms with E-state index in [1.807, 2.05) is 24.3 Å². The number of hydrogen-bond donors (Lipinski definition) is 3. The Morgan fingerprint density at radius 2 is 2.00 bits per heavy atom. The Morgan fingerprint density at radius 1 is 1.20 bits per heavy atom. The van der Waals surface area contributed by atoms with Gasteiger partial charge in [-0.3, -0.25) is 0 Å². The van der Waals surface area contributed by atoms with Crippen molar-refractivity contribution in [2.75, 3.05) is 11.1 Å². The number of anilines is 2. The van der Waals surface area contributed by atoms with Gasteiger partial charge in [-0.15, -0.1) is 0 Å². The molecular formula is C16H18N4. The number of benzene rings is 2. The van der Waals surface area contributed by atoms with E-state index in [9.17, 15) is 0 Å². The number of aromatic amines is 1. The Bertz CT molecular complexity index is 703. The molecule has 1 heterocycles. The van der Waals surface area contributed by atoms with Crippen LogP contribution in [-0.2, 0) is 6.42 Å². The summed E-state index contributed by atoms with van der Waals surface area (Å²) in [6.07, 6.45) is 0.958. The molecule has 2 aromatic carbocycles. The zero-order valence-corrected chi connectivity index (χ0v) is 11.4. The monoisotopic (exact) mass is 266 g/mol. The summed E-state index contributed by atoms with van der Waals surface area (Å²) in [4.78, 5) is 7.76. The van der Waals surface area contributed by atoms with Crippen LogP contribution < -0.4 is 11.1 Å². The maximum absolute atomic E-state index is 5.77. The molecule has 3 rings (SSSR count). The van der Waals surface area contributed by atoms with Gasteiger partial charge in [0.1, 0.15) is 0 Å². The normalized spacial score (nSPS) is 12.4. The van der Waals surface area contributed by atoms with E-state index in [1.54, 1.807) is 0 Å². The SMILES string of the molecule is CC(Cc1ccccc1)Nc1nc2ccc(N)cc2[nH]1. The van der Waals surface area contributed by atoms with Crippen LogP contribution in [0.5, 0.6) is 0 Å². The number of nitrogen functional groups attached to an aromatic ring is 1. The second-order valence-electron chi connectivity index (χ2n) is 5.10. The molecule has 0 fully saturated rings. The molecule has 1 atom stereocenters. The lowest BCUT2D eigenvalue weighted by Gasteiger charge is -2.12. The number of aromatic nitrogens is 2. The van der Waals surface area contributed by atoms with E-state index < -0.39 is 0 Å². The zero-order chi connectivity index (χ0) is 13.9. The van der Waals surface area contributed by atoms with Gasteiger partial charge in [0.25, 0.3) is 0 Å². The average Bonchev–Trinajstić information content (AvgIpc) is 2.80. The van der Waals surface area contributed by atoms with Crippen LogP contribution in [0.15, 0.2) is 48.5 Å². The molecule has 4 N–H and O–H groups in total. The van der Waals surface area contributed by atoms with E-state index in [0.29, 0.717) is 6.04 Å². The van der Waals surface area contributed by atoms with Crippen molar-refractivity contribution in [2.45, 2.75) is 19.4 Å². The fraction of sp³-hybridized carbons (Fsp3) is 0.188. The number of H-pyrrole nitrogens is 1. The summed E-state index contributed by atoms with van der Waals surface area (Å²) in [7, 11) is 0. The fourth-order valence-corrected chi connectivity index (χ4v) is 2.35. The van der Waals surface area contributed by atoms with Gasteiger partial charge < -0.3 is 16.0 Å². The molecule has 0 bridgehead atoms. The minimum Gasteiger partial charge on any atom is -0.399 e. The quantitative estimate of drug-likeness (QED) is 0.635. The first-order chi connectivity index (χ1) is 9.70. The Kier molecular flexibility index (Phi) is 3.29. The summed E-state index contributed by atoms with van der Waals surface area (Å²) in [5.41, 5.74) is 9.70. The molecule has 1 unspecified atom stereocenters. The third-order valence-corrected chi connectivity index (χ3v) is 3.27. The lowest BCUT2D eigenvalue weighted by Crippen LogP contribution is -2.18. The fourth-order valence-electron chi connectivity index (χ4n) is 2.35. The predicted molar refractivity (Wildman–Crippen MR) is 83.7 cm³/mol. The van der Waals surface area contributed by atoms with Gasteiger partial charge in [-0.25, -0.2) is 4.98 Å². The third-order valence-electron chi connectivity index (χ3n) is 3.27. The van der Waals surface area contributed by atoms with Gasteiger partial charge in [-0.1, -0.05) is 30.3 Å². The first-order valence-corrected chi connectivity index (χ1v) is 6.76. The van der Waals surface area contributed by atoms with Crippen LogP contribution in [0.4, 0.5) is 11.6 Å². The Balaban J connectivity index is 1.72. The summed E-state index contributed by atoms with van der Waals surface area (Å²) in [5.74, 6) is 0.786. The molecule has 0 spiro atoms. The van der Waals surface area contributed by atoms with Gasteiger partial charge >= 0.3 is 0 Å². The van der Waals surface area contributed by atoms with Gasteiger partial charge in [0.15, 0.2) is 0 Å². The number of rotatable bonds is 4. The van der Waals surface area contributed by atoms with Crippen LogP contribution in [0.1, 0.15) is 12.5 Å². The number of imidazole rings is 1. The maximum atomic E-state index is 5.77. The maximum Gasteiger partial charge on any atom is 0.201 e. The van der Waals surface area contributed by atoms with Crippen LogP contribution in [0.2, 0.25) is 0 Å². The highest BCUT2D eigenvalue weighted by molar-refractivity contribution is 5.80. The Morgan fingerprint density at radius 3 is 2.80 bits per heavy atom. The lowest BCUT2D eigenvalue weighted by molar-refractivity contribution is 0.781. The first kappa shape index (κ1) is 12.5. The van der Waals surface area contributed by atoms with Gasteiger partial charge in [0.2, 0.25) is 5.95 Å². The van der Waals surface area contributed by atoms with Gasteiger partial charge in [0.05, 0.1) is 11.0 Å². The molecule has 1 aromatic heterocycles. The van der Waals surface area contributed by atoms with Crippen LogP contribution in [0.3, 0.4) is 0 Å². The van der Waals surface area contributed by atoms with E-state index in [0.717, 1.165) is 29.1 Å². The highest BCUT2D eigenvalue weighted by Crippen LogP contribution is 2.18. The van der Waals surface area contributed by atoms with E-state index in [4.69, 9.17) is 5.73 Å². The van der Waals surface area contributed by atoms with Crippen molar-refractivity contribution in [1.82, 2.24) is 9.97 Å². The molecule has 20 heavy (non-hydrogen) atoms. The molecule has 0 aliphatic heterocycles. The predicted octanol–water partition coefficient (Wildman–Crippen LogP) is 3.19. The third kappa shape index (κ3) is 2.74. The molecule has 4 heteroatoms. The number of nitrogens with two attached hydrogens (primary N) is 1. The van der Waals surface area contributed by atoms with Crippen molar-refractivity contribution in [1.29, 1.82) is 0 Å². The van der Waals surface area contributed by atoms with Gasteiger partial charge in [0, 0.05) is 11.7 Å². The van der Waals surface area contributed by atoms with Crippen molar-refractivity contribution in [3.05, 3.63) is 54.1 Å². The van der Waals surface area contributed by atoms with Crippen molar-refractivity contribution >= 4 is 22.7 Å². The standard InChI is InChI=1S/C16H18N4/c1-11(9-12-5-3-2-4-6-12)18-16-19-14-8-7-13(17)10-15(14)20-16/h2-8,10-11H,9,17H2,1H3,(H2,18,19,20). The molecule has 0 saturated carbocycles. The lowest BCUT2D eigenvalue weighted by atomic mass is 10.1. The Hall–Kier alpha value is -2.49. The summed E-state index contributed by atoms with van der Waals surface area (Å²) < 4.78 is 0. The number of nitrogens with one attached hydrogen (secondary N) is 2.